The predicted molar refractivity (Wildman–Crippen MR) is 96.5 cm³/mol. The molecule has 5 nitrogen and oxygen atoms in total. The summed E-state index contributed by atoms with van der Waals surface area (Å²) in [5, 5.41) is 0. The van der Waals surface area contributed by atoms with E-state index in [1.54, 1.807) is 66.7 Å². The summed E-state index contributed by atoms with van der Waals surface area (Å²) in [6, 6.07) is 21.5. The quantitative estimate of drug-likeness (QED) is 0.671. The molecule has 0 amide bonds. The fourth-order valence-corrected chi connectivity index (χ4v) is 3.23. The Labute approximate surface area is 146 Å². The third-order valence-electron chi connectivity index (χ3n) is 3.34. The summed E-state index contributed by atoms with van der Waals surface area (Å²) >= 11 is 0. The third kappa shape index (κ3) is 4.16. The van der Waals surface area contributed by atoms with Gasteiger partial charge in [-0.25, -0.2) is 13.3 Å². The molecule has 0 heterocycles. The first kappa shape index (κ1) is 16.6. The third-order valence-corrected chi connectivity index (χ3v) is 4.74. The van der Waals surface area contributed by atoms with Gasteiger partial charge in [0.2, 0.25) is 0 Å². The van der Waals surface area contributed by atoms with Crippen LogP contribution in [0.5, 0.6) is 11.5 Å². The van der Waals surface area contributed by atoms with Crippen molar-refractivity contribution in [3.63, 3.8) is 0 Å². The lowest BCUT2D eigenvalue weighted by atomic mass is 10.3. The molecule has 0 aliphatic carbocycles. The molecule has 3 aromatic rings. The van der Waals surface area contributed by atoms with Gasteiger partial charge in [-0.3, -0.25) is 4.72 Å². The van der Waals surface area contributed by atoms with Crippen LogP contribution < -0.4 is 9.46 Å². The van der Waals surface area contributed by atoms with Gasteiger partial charge in [0.1, 0.15) is 11.5 Å². The molecule has 0 aromatic heterocycles. The van der Waals surface area contributed by atoms with Crippen molar-refractivity contribution in [3.05, 3.63) is 90.3 Å². The van der Waals surface area contributed by atoms with Gasteiger partial charge in [0, 0.05) is 6.07 Å². The molecule has 0 spiro atoms. The van der Waals surface area contributed by atoms with Crippen molar-refractivity contribution in [3.8, 4) is 11.5 Å². The maximum atomic E-state index is 12.4. The lowest BCUT2D eigenvalue weighted by Crippen LogP contribution is -2.12. The number of nitrogens with zero attached hydrogens (tertiary/aromatic N) is 1. The van der Waals surface area contributed by atoms with Gasteiger partial charge < -0.3 is 4.74 Å². The molecular weight excluding hydrogens is 336 g/mol. The monoisotopic (exact) mass is 350 g/mol. The zero-order valence-corrected chi connectivity index (χ0v) is 13.9. The van der Waals surface area contributed by atoms with E-state index in [4.69, 9.17) is 11.3 Å². The minimum Gasteiger partial charge on any atom is -0.457 e. The fourth-order valence-electron chi connectivity index (χ4n) is 2.16. The van der Waals surface area contributed by atoms with E-state index in [0.717, 1.165) is 0 Å². The van der Waals surface area contributed by atoms with Crippen LogP contribution in [0.3, 0.4) is 0 Å². The number of sulfonamides is 1. The number of nitrogens with one attached hydrogen (secondary N) is 1. The summed E-state index contributed by atoms with van der Waals surface area (Å²) in [6.07, 6.45) is 0. The number of anilines is 1. The summed E-state index contributed by atoms with van der Waals surface area (Å²) in [7, 11) is -3.65. The van der Waals surface area contributed by atoms with Crippen LogP contribution in [0.4, 0.5) is 11.4 Å². The first-order valence-electron chi connectivity index (χ1n) is 7.40. The van der Waals surface area contributed by atoms with Crippen LogP contribution in [0.25, 0.3) is 4.85 Å². The summed E-state index contributed by atoms with van der Waals surface area (Å²) < 4.78 is 33.0. The Hall–Kier alpha value is -3.30. The van der Waals surface area contributed by atoms with Crippen LogP contribution in [-0.4, -0.2) is 8.42 Å². The molecule has 0 unspecified atom stereocenters. The summed E-state index contributed by atoms with van der Waals surface area (Å²) in [6.45, 7) is 6.94. The Bertz CT molecular complexity index is 1010. The van der Waals surface area contributed by atoms with Gasteiger partial charge >= 0.3 is 0 Å². The van der Waals surface area contributed by atoms with Crippen LogP contribution in [0, 0.1) is 6.57 Å². The van der Waals surface area contributed by atoms with E-state index in [1.165, 1.54) is 12.1 Å². The first-order valence-corrected chi connectivity index (χ1v) is 8.88. The predicted octanol–water partition coefficient (Wildman–Crippen LogP) is 4.83. The second-order valence-corrected chi connectivity index (χ2v) is 6.84. The zero-order chi connectivity index (χ0) is 17.7. The van der Waals surface area contributed by atoms with E-state index in [9.17, 15) is 8.42 Å². The lowest BCUT2D eigenvalue weighted by Gasteiger charge is -2.10. The van der Waals surface area contributed by atoms with Crippen LogP contribution in [-0.2, 0) is 10.0 Å². The van der Waals surface area contributed by atoms with Gasteiger partial charge in [0.15, 0.2) is 5.69 Å². The molecule has 124 valence electrons. The standard InChI is InChI=1S/C19H14N2O3S/c1-20-15-10-12-17(13-11-15)24-18-7-5-6-16(14-18)21-25(22,23)19-8-3-2-4-9-19/h2-14,21H. The van der Waals surface area contributed by atoms with Gasteiger partial charge in [-0.2, -0.15) is 0 Å². The molecule has 0 saturated heterocycles. The minimum absolute atomic E-state index is 0.191. The van der Waals surface area contributed by atoms with Crippen molar-refractivity contribution in [1.82, 2.24) is 0 Å². The number of benzene rings is 3. The summed E-state index contributed by atoms with van der Waals surface area (Å²) in [4.78, 5) is 3.51. The van der Waals surface area contributed by atoms with Crippen molar-refractivity contribution in [2.24, 2.45) is 0 Å². The van der Waals surface area contributed by atoms with Gasteiger partial charge in [0.05, 0.1) is 17.2 Å². The van der Waals surface area contributed by atoms with Gasteiger partial charge in [-0.15, -0.1) is 0 Å². The van der Waals surface area contributed by atoms with Gasteiger partial charge in [-0.05, 0) is 36.4 Å². The number of hydrogen-bond donors (Lipinski definition) is 1. The highest BCUT2D eigenvalue weighted by Gasteiger charge is 2.13. The number of rotatable bonds is 5. The molecule has 0 aliphatic rings. The highest BCUT2D eigenvalue weighted by molar-refractivity contribution is 7.92. The highest BCUT2D eigenvalue weighted by atomic mass is 32.2. The summed E-state index contributed by atoms with van der Waals surface area (Å²) in [5.41, 5.74) is 0.927. The average Bonchev–Trinajstić information content (AvgIpc) is 2.63. The van der Waals surface area contributed by atoms with Crippen LogP contribution in [0.15, 0.2) is 83.8 Å². The largest absolute Gasteiger partial charge is 0.457 e. The molecule has 0 fully saturated rings. The molecule has 0 aliphatic heterocycles. The Morgan fingerprint density at radius 3 is 2.24 bits per heavy atom. The molecule has 0 radical (unpaired) electrons. The molecule has 0 bridgehead atoms. The molecule has 6 heteroatoms. The topological polar surface area (TPSA) is 59.8 Å². The Morgan fingerprint density at radius 2 is 1.56 bits per heavy atom. The molecule has 3 aromatic carbocycles. The average molecular weight is 350 g/mol. The van der Waals surface area contributed by atoms with E-state index in [0.29, 0.717) is 22.9 Å². The second kappa shape index (κ2) is 7.07. The molecule has 25 heavy (non-hydrogen) atoms. The minimum atomic E-state index is -3.65. The summed E-state index contributed by atoms with van der Waals surface area (Å²) in [5.74, 6) is 1.05. The molecule has 3 rings (SSSR count). The first-order chi connectivity index (χ1) is 12.1. The zero-order valence-electron chi connectivity index (χ0n) is 13.1. The van der Waals surface area contributed by atoms with Crippen molar-refractivity contribution in [2.75, 3.05) is 4.72 Å². The fraction of sp³-hybridized carbons (Fsp3) is 0. The Kier molecular flexibility index (Phi) is 4.68. The molecular formula is C19H14N2O3S. The van der Waals surface area contributed by atoms with Crippen molar-refractivity contribution >= 4 is 21.4 Å². The van der Waals surface area contributed by atoms with E-state index in [2.05, 4.69) is 9.57 Å². The Balaban J connectivity index is 1.78. The number of hydrogen-bond acceptors (Lipinski definition) is 3. The normalized spacial score (nSPS) is 10.7. The van der Waals surface area contributed by atoms with Crippen LogP contribution in [0.2, 0.25) is 0 Å². The van der Waals surface area contributed by atoms with Crippen molar-refractivity contribution in [1.29, 1.82) is 0 Å². The van der Waals surface area contributed by atoms with E-state index in [1.807, 2.05) is 0 Å². The smallest absolute Gasteiger partial charge is 0.261 e. The van der Waals surface area contributed by atoms with E-state index >= 15 is 0 Å². The van der Waals surface area contributed by atoms with Crippen LogP contribution >= 0.6 is 0 Å². The van der Waals surface area contributed by atoms with Crippen molar-refractivity contribution < 1.29 is 13.2 Å². The van der Waals surface area contributed by atoms with Gasteiger partial charge in [0.25, 0.3) is 10.0 Å². The molecule has 0 saturated carbocycles. The molecule has 1 N–H and O–H groups in total. The molecule has 0 atom stereocenters. The SMILES string of the molecule is [C-]#[N+]c1ccc(Oc2cccc(NS(=O)(=O)c3ccccc3)c2)cc1. The lowest BCUT2D eigenvalue weighted by molar-refractivity contribution is 0.483. The van der Waals surface area contributed by atoms with Crippen molar-refractivity contribution in [2.45, 2.75) is 4.90 Å². The maximum absolute atomic E-state index is 12.4. The van der Waals surface area contributed by atoms with E-state index < -0.39 is 10.0 Å². The maximum Gasteiger partial charge on any atom is 0.261 e. The highest BCUT2D eigenvalue weighted by Crippen LogP contribution is 2.27. The van der Waals surface area contributed by atoms with Crippen LogP contribution in [0.1, 0.15) is 0 Å². The van der Waals surface area contributed by atoms with E-state index in [-0.39, 0.29) is 4.90 Å². The second-order valence-electron chi connectivity index (χ2n) is 5.15. The Morgan fingerprint density at radius 1 is 0.840 bits per heavy atom. The van der Waals surface area contributed by atoms with Gasteiger partial charge in [-0.1, -0.05) is 36.4 Å². The number of ether oxygens (including phenoxy) is 1.